The first kappa shape index (κ1) is 8.72. The molecular weight excluding hydrogens is 188 g/mol. The average molecular weight is 199 g/mol. The fourth-order valence-electron chi connectivity index (χ4n) is 1.52. The second-order valence-electron chi connectivity index (χ2n) is 3.05. The first-order valence-electron chi connectivity index (χ1n) is 4.29. The summed E-state index contributed by atoms with van der Waals surface area (Å²) in [6, 6.07) is 0. The number of nitrogens with zero attached hydrogens (tertiary/aromatic N) is 2. The lowest BCUT2D eigenvalue weighted by Gasteiger charge is -2.05. The predicted octanol–water partition coefficient (Wildman–Crippen LogP) is 0.400. The van der Waals surface area contributed by atoms with Crippen LogP contribution in [0.25, 0.3) is 0 Å². The maximum atomic E-state index is 5.96. The van der Waals surface area contributed by atoms with E-state index in [1.165, 1.54) is 0 Å². The van der Waals surface area contributed by atoms with Crippen molar-refractivity contribution >= 4 is 17.5 Å². The molecule has 1 aromatic heterocycles. The molecular formula is C8H11ClN4. The number of nitrogens with one attached hydrogen (secondary N) is 1. The third kappa shape index (κ3) is 1.73. The molecule has 4 nitrogen and oxygen atoms in total. The third-order valence-electron chi connectivity index (χ3n) is 2.15. The van der Waals surface area contributed by atoms with Crippen LogP contribution in [0.1, 0.15) is 11.3 Å². The molecule has 5 heteroatoms. The van der Waals surface area contributed by atoms with Crippen LogP contribution in [-0.2, 0) is 12.8 Å². The zero-order valence-corrected chi connectivity index (χ0v) is 7.93. The average Bonchev–Trinajstić information content (AvgIpc) is 2.28. The number of aromatic nitrogens is 2. The molecule has 0 aromatic carbocycles. The topological polar surface area (TPSA) is 63.8 Å². The molecule has 1 aliphatic rings. The normalized spacial score (nSPS) is 16.4. The van der Waals surface area contributed by atoms with Crippen LogP contribution in [0.3, 0.4) is 0 Å². The molecule has 0 saturated heterocycles. The highest BCUT2D eigenvalue weighted by Gasteiger charge is 2.13. The fourth-order valence-corrected chi connectivity index (χ4v) is 1.81. The Bertz CT molecular complexity index is 326. The molecule has 70 valence electrons. The quantitative estimate of drug-likeness (QED) is 0.593. The molecule has 0 fully saturated rings. The van der Waals surface area contributed by atoms with Gasteiger partial charge >= 0.3 is 0 Å². The van der Waals surface area contributed by atoms with Crippen molar-refractivity contribution < 1.29 is 0 Å². The Morgan fingerprint density at radius 1 is 1.23 bits per heavy atom. The predicted molar refractivity (Wildman–Crippen MR) is 51.7 cm³/mol. The molecule has 0 radical (unpaired) electrons. The summed E-state index contributed by atoms with van der Waals surface area (Å²) in [7, 11) is 0. The van der Waals surface area contributed by atoms with Gasteiger partial charge in [-0.2, -0.15) is 0 Å². The Morgan fingerprint density at radius 2 is 2.00 bits per heavy atom. The highest BCUT2D eigenvalue weighted by atomic mass is 35.5. The molecule has 0 aliphatic carbocycles. The smallest absolute Gasteiger partial charge is 0.221 e. The van der Waals surface area contributed by atoms with Crippen molar-refractivity contribution in [2.24, 2.45) is 0 Å². The Labute approximate surface area is 81.5 Å². The van der Waals surface area contributed by atoms with Crippen molar-refractivity contribution in [3.8, 4) is 0 Å². The zero-order valence-electron chi connectivity index (χ0n) is 7.18. The van der Waals surface area contributed by atoms with Crippen LogP contribution >= 0.6 is 11.6 Å². The van der Waals surface area contributed by atoms with Gasteiger partial charge in [-0.05, 0) is 13.0 Å². The molecule has 3 N–H and O–H groups in total. The molecule has 1 aromatic rings. The maximum Gasteiger partial charge on any atom is 0.221 e. The van der Waals surface area contributed by atoms with E-state index in [1.54, 1.807) is 0 Å². The standard InChI is InChI=1S/C8H11ClN4/c9-7-5-1-3-11-4-2-6(5)12-8(10)13-7/h11H,1-4H2,(H2,10,12,13). The van der Waals surface area contributed by atoms with Crippen molar-refractivity contribution in [2.75, 3.05) is 18.8 Å². The zero-order chi connectivity index (χ0) is 9.26. The second kappa shape index (κ2) is 3.47. The molecule has 2 rings (SSSR count). The number of halogens is 1. The summed E-state index contributed by atoms with van der Waals surface area (Å²) in [6.45, 7) is 1.86. The van der Waals surface area contributed by atoms with Gasteiger partial charge < -0.3 is 11.1 Å². The van der Waals surface area contributed by atoms with Crippen LogP contribution in [0.5, 0.6) is 0 Å². The van der Waals surface area contributed by atoms with E-state index >= 15 is 0 Å². The minimum atomic E-state index is 0.269. The van der Waals surface area contributed by atoms with Gasteiger partial charge in [0.1, 0.15) is 5.15 Å². The van der Waals surface area contributed by atoms with E-state index in [4.69, 9.17) is 17.3 Å². The van der Waals surface area contributed by atoms with Crippen LogP contribution in [-0.4, -0.2) is 23.1 Å². The number of fused-ring (bicyclic) bond motifs is 1. The molecule has 0 atom stereocenters. The van der Waals surface area contributed by atoms with Gasteiger partial charge in [0.15, 0.2) is 0 Å². The van der Waals surface area contributed by atoms with Crippen LogP contribution in [0, 0.1) is 0 Å². The first-order valence-corrected chi connectivity index (χ1v) is 4.66. The number of nitrogens with two attached hydrogens (primary N) is 1. The lowest BCUT2D eigenvalue weighted by Crippen LogP contribution is -2.16. The molecule has 0 saturated carbocycles. The SMILES string of the molecule is Nc1nc(Cl)c2c(n1)CCNCC2. The van der Waals surface area contributed by atoms with Crippen molar-refractivity contribution in [3.63, 3.8) is 0 Å². The van der Waals surface area contributed by atoms with E-state index < -0.39 is 0 Å². The second-order valence-corrected chi connectivity index (χ2v) is 3.41. The number of hydrogen-bond acceptors (Lipinski definition) is 4. The van der Waals surface area contributed by atoms with E-state index in [0.717, 1.165) is 37.2 Å². The van der Waals surface area contributed by atoms with Crippen molar-refractivity contribution in [1.82, 2.24) is 15.3 Å². The van der Waals surface area contributed by atoms with E-state index in [0.29, 0.717) is 5.15 Å². The summed E-state index contributed by atoms with van der Waals surface area (Å²) >= 11 is 5.96. The maximum absolute atomic E-state index is 5.96. The van der Waals surface area contributed by atoms with Crippen molar-refractivity contribution in [1.29, 1.82) is 0 Å². The summed E-state index contributed by atoms with van der Waals surface area (Å²) in [5.74, 6) is 0.269. The van der Waals surface area contributed by atoms with Gasteiger partial charge in [-0.15, -0.1) is 0 Å². The van der Waals surface area contributed by atoms with E-state index in [1.807, 2.05) is 0 Å². The number of nitrogen functional groups attached to an aromatic ring is 1. The lowest BCUT2D eigenvalue weighted by molar-refractivity contribution is 0.708. The van der Waals surface area contributed by atoms with Crippen LogP contribution < -0.4 is 11.1 Å². The summed E-state index contributed by atoms with van der Waals surface area (Å²) in [5, 5.41) is 3.78. The number of hydrogen-bond donors (Lipinski definition) is 2. The summed E-state index contributed by atoms with van der Waals surface area (Å²) in [4.78, 5) is 8.11. The van der Waals surface area contributed by atoms with Crippen molar-refractivity contribution in [2.45, 2.75) is 12.8 Å². The molecule has 0 bridgehead atoms. The van der Waals surface area contributed by atoms with Gasteiger partial charge in [0.25, 0.3) is 0 Å². The van der Waals surface area contributed by atoms with E-state index in [9.17, 15) is 0 Å². The Kier molecular flexibility index (Phi) is 2.33. The summed E-state index contributed by atoms with van der Waals surface area (Å²) in [6.07, 6.45) is 1.76. The van der Waals surface area contributed by atoms with Gasteiger partial charge in [-0.1, -0.05) is 11.6 Å². The number of anilines is 1. The van der Waals surface area contributed by atoms with Gasteiger partial charge in [-0.3, -0.25) is 0 Å². The largest absolute Gasteiger partial charge is 0.368 e. The first-order chi connectivity index (χ1) is 6.27. The van der Waals surface area contributed by atoms with Crippen LogP contribution in [0.4, 0.5) is 5.95 Å². The van der Waals surface area contributed by atoms with Crippen molar-refractivity contribution in [3.05, 3.63) is 16.4 Å². The van der Waals surface area contributed by atoms with E-state index in [2.05, 4.69) is 15.3 Å². The highest BCUT2D eigenvalue weighted by molar-refractivity contribution is 6.30. The molecule has 0 unspecified atom stereocenters. The summed E-state index contributed by atoms with van der Waals surface area (Å²) in [5.41, 5.74) is 7.54. The Balaban J connectivity index is 2.47. The third-order valence-corrected chi connectivity index (χ3v) is 2.46. The van der Waals surface area contributed by atoms with Gasteiger partial charge in [0.05, 0.1) is 5.69 Å². The minimum absolute atomic E-state index is 0.269. The minimum Gasteiger partial charge on any atom is -0.368 e. The molecule has 0 amide bonds. The molecule has 13 heavy (non-hydrogen) atoms. The fraction of sp³-hybridized carbons (Fsp3) is 0.500. The molecule has 2 heterocycles. The Hall–Kier alpha value is -0.870. The van der Waals surface area contributed by atoms with Gasteiger partial charge in [-0.25, -0.2) is 9.97 Å². The van der Waals surface area contributed by atoms with Gasteiger partial charge in [0.2, 0.25) is 5.95 Å². The lowest BCUT2D eigenvalue weighted by atomic mass is 10.1. The van der Waals surface area contributed by atoms with Crippen LogP contribution in [0.15, 0.2) is 0 Å². The van der Waals surface area contributed by atoms with Crippen LogP contribution in [0.2, 0.25) is 5.15 Å². The van der Waals surface area contributed by atoms with E-state index in [-0.39, 0.29) is 5.95 Å². The summed E-state index contributed by atoms with van der Waals surface area (Å²) < 4.78 is 0. The molecule has 1 aliphatic heterocycles. The number of rotatable bonds is 0. The highest BCUT2D eigenvalue weighted by Crippen LogP contribution is 2.19. The van der Waals surface area contributed by atoms with Gasteiger partial charge in [0, 0.05) is 18.5 Å². The monoisotopic (exact) mass is 198 g/mol. The Morgan fingerprint density at radius 3 is 2.85 bits per heavy atom. The molecule has 0 spiro atoms.